The van der Waals surface area contributed by atoms with Gasteiger partial charge in [0, 0.05) is 22.6 Å². The number of nitrogens with two attached hydrogens (primary N) is 1. The molecule has 4 N–H and O–H groups in total. The van der Waals surface area contributed by atoms with Crippen LogP contribution in [-0.2, 0) is 4.79 Å². The molecule has 0 spiro atoms. The SMILES string of the molecule is CC(N)CCCC(=O)Nc1cc(Br)cc(C(=O)O)c1. The van der Waals surface area contributed by atoms with Crippen molar-refractivity contribution in [2.24, 2.45) is 5.73 Å². The van der Waals surface area contributed by atoms with Crippen molar-refractivity contribution in [3.05, 3.63) is 28.2 Å². The van der Waals surface area contributed by atoms with Crippen LogP contribution in [0, 0.1) is 0 Å². The highest BCUT2D eigenvalue weighted by Crippen LogP contribution is 2.20. The van der Waals surface area contributed by atoms with Crippen LogP contribution in [0.2, 0.25) is 0 Å². The smallest absolute Gasteiger partial charge is 0.335 e. The van der Waals surface area contributed by atoms with E-state index < -0.39 is 5.97 Å². The minimum Gasteiger partial charge on any atom is -0.478 e. The summed E-state index contributed by atoms with van der Waals surface area (Å²) < 4.78 is 0.610. The Hall–Kier alpha value is -1.40. The summed E-state index contributed by atoms with van der Waals surface area (Å²) in [6, 6.07) is 4.65. The summed E-state index contributed by atoms with van der Waals surface area (Å²) in [5.74, 6) is -1.18. The Labute approximate surface area is 120 Å². The highest BCUT2D eigenvalue weighted by molar-refractivity contribution is 9.10. The number of carboxylic acids is 1. The summed E-state index contributed by atoms with van der Waals surface area (Å²) in [5, 5.41) is 11.6. The third-order valence-corrected chi connectivity index (χ3v) is 2.95. The van der Waals surface area contributed by atoms with Crippen molar-refractivity contribution in [2.75, 3.05) is 5.32 Å². The van der Waals surface area contributed by atoms with Crippen molar-refractivity contribution in [3.8, 4) is 0 Å². The molecular weight excluding hydrogens is 312 g/mol. The number of hydrogen-bond acceptors (Lipinski definition) is 3. The van der Waals surface area contributed by atoms with Gasteiger partial charge in [-0.15, -0.1) is 0 Å². The third-order valence-electron chi connectivity index (χ3n) is 2.49. The van der Waals surface area contributed by atoms with Crippen molar-refractivity contribution in [1.29, 1.82) is 0 Å². The van der Waals surface area contributed by atoms with E-state index >= 15 is 0 Å². The van der Waals surface area contributed by atoms with Crippen LogP contribution in [-0.4, -0.2) is 23.0 Å². The number of rotatable bonds is 6. The van der Waals surface area contributed by atoms with Crippen molar-refractivity contribution in [1.82, 2.24) is 0 Å². The number of carboxylic acid groups (broad SMARTS) is 1. The number of benzene rings is 1. The number of carbonyl (C=O) groups excluding carboxylic acids is 1. The maximum absolute atomic E-state index is 11.7. The zero-order valence-corrected chi connectivity index (χ0v) is 12.2. The van der Waals surface area contributed by atoms with Crippen molar-refractivity contribution in [3.63, 3.8) is 0 Å². The summed E-state index contributed by atoms with van der Waals surface area (Å²) in [4.78, 5) is 22.6. The largest absolute Gasteiger partial charge is 0.478 e. The number of halogens is 1. The third kappa shape index (κ3) is 5.85. The normalized spacial score (nSPS) is 11.9. The lowest BCUT2D eigenvalue weighted by Gasteiger charge is -2.08. The molecule has 0 bridgehead atoms. The molecule has 0 fully saturated rings. The van der Waals surface area contributed by atoms with E-state index in [1.54, 1.807) is 6.07 Å². The van der Waals surface area contributed by atoms with Gasteiger partial charge in [-0.05, 0) is 38.0 Å². The summed E-state index contributed by atoms with van der Waals surface area (Å²) in [6.07, 6.45) is 1.87. The molecule has 0 aliphatic carbocycles. The summed E-state index contributed by atoms with van der Waals surface area (Å²) in [6.45, 7) is 1.89. The fraction of sp³-hybridized carbons (Fsp3) is 0.385. The number of hydrogen-bond donors (Lipinski definition) is 3. The molecule has 6 heteroatoms. The Balaban J connectivity index is 2.61. The molecular formula is C13H17BrN2O3. The van der Waals surface area contributed by atoms with E-state index in [1.807, 2.05) is 6.92 Å². The molecule has 19 heavy (non-hydrogen) atoms. The molecule has 1 aromatic carbocycles. The van der Waals surface area contributed by atoms with Gasteiger partial charge in [-0.3, -0.25) is 4.79 Å². The first-order chi connectivity index (χ1) is 8.88. The zero-order valence-electron chi connectivity index (χ0n) is 10.6. The van der Waals surface area contributed by atoms with E-state index in [9.17, 15) is 9.59 Å². The maximum atomic E-state index is 11.7. The molecule has 1 atom stereocenters. The van der Waals surface area contributed by atoms with E-state index in [-0.39, 0.29) is 17.5 Å². The van der Waals surface area contributed by atoms with Crippen LogP contribution in [0.15, 0.2) is 22.7 Å². The van der Waals surface area contributed by atoms with Crippen molar-refractivity contribution >= 4 is 33.5 Å². The van der Waals surface area contributed by atoms with Crippen LogP contribution in [0.5, 0.6) is 0 Å². The van der Waals surface area contributed by atoms with Gasteiger partial charge in [0.15, 0.2) is 0 Å². The van der Waals surface area contributed by atoms with Gasteiger partial charge >= 0.3 is 5.97 Å². The molecule has 104 valence electrons. The van der Waals surface area contributed by atoms with Gasteiger partial charge in [0.2, 0.25) is 5.91 Å². The molecule has 1 amide bonds. The van der Waals surface area contributed by atoms with Gasteiger partial charge in [0.1, 0.15) is 0 Å². The fourth-order valence-corrected chi connectivity index (χ4v) is 2.09. The second-order valence-electron chi connectivity index (χ2n) is 4.45. The molecule has 1 rings (SSSR count). The van der Waals surface area contributed by atoms with Crippen LogP contribution in [0.4, 0.5) is 5.69 Å². The zero-order chi connectivity index (χ0) is 14.4. The molecule has 0 heterocycles. The maximum Gasteiger partial charge on any atom is 0.335 e. The van der Waals surface area contributed by atoms with E-state index in [1.165, 1.54) is 12.1 Å². The van der Waals surface area contributed by atoms with Gasteiger partial charge < -0.3 is 16.2 Å². The second kappa shape index (κ2) is 7.25. The first kappa shape index (κ1) is 15.7. The summed E-state index contributed by atoms with van der Waals surface area (Å²) >= 11 is 3.21. The Morgan fingerprint density at radius 1 is 1.42 bits per heavy atom. The van der Waals surface area contributed by atoms with E-state index in [0.29, 0.717) is 23.0 Å². The molecule has 0 aliphatic heterocycles. The van der Waals surface area contributed by atoms with Crippen molar-refractivity contribution in [2.45, 2.75) is 32.2 Å². The van der Waals surface area contributed by atoms with Crippen LogP contribution in [0.25, 0.3) is 0 Å². The lowest BCUT2D eigenvalue weighted by Crippen LogP contribution is -2.17. The first-order valence-electron chi connectivity index (χ1n) is 5.98. The summed E-state index contributed by atoms with van der Waals surface area (Å²) in [5.41, 5.74) is 6.20. The highest BCUT2D eigenvalue weighted by Gasteiger charge is 2.08. The van der Waals surface area contributed by atoms with Crippen LogP contribution < -0.4 is 11.1 Å². The average molecular weight is 329 g/mol. The predicted molar refractivity (Wildman–Crippen MR) is 77.2 cm³/mol. The van der Waals surface area contributed by atoms with Gasteiger partial charge in [-0.2, -0.15) is 0 Å². The van der Waals surface area contributed by atoms with Gasteiger partial charge in [0.05, 0.1) is 5.56 Å². The van der Waals surface area contributed by atoms with E-state index in [4.69, 9.17) is 10.8 Å². The van der Waals surface area contributed by atoms with Gasteiger partial charge in [0.25, 0.3) is 0 Å². The topological polar surface area (TPSA) is 92.4 Å². The van der Waals surface area contributed by atoms with Gasteiger partial charge in [-0.1, -0.05) is 15.9 Å². The Morgan fingerprint density at radius 2 is 2.11 bits per heavy atom. The number of carbonyl (C=O) groups is 2. The lowest BCUT2D eigenvalue weighted by molar-refractivity contribution is -0.116. The molecule has 0 saturated heterocycles. The number of anilines is 1. The summed E-state index contributed by atoms with van der Waals surface area (Å²) in [7, 11) is 0. The molecule has 1 aromatic rings. The predicted octanol–water partition coefficient (Wildman–Crippen LogP) is 2.60. The molecule has 0 radical (unpaired) electrons. The molecule has 0 aliphatic rings. The number of aromatic carboxylic acids is 1. The molecule has 5 nitrogen and oxygen atoms in total. The Bertz CT molecular complexity index is 475. The minimum absolute atomic E-state index is 0.0808. The fourth-order valence-electron chi connectivity index (χ4n) is 1.59. The first-order valence-corrected chi connectivity index (χ1v) is 6.77. The van der Waals surface area contributed by atoms with E-state index in [2.05, 4.69) is 21.2 Å². The molecule has 1 unspecified atom stereocenters. The second-order valence-corrected chi connectivity index (χ2v) is 5.37. The number of amides is 1. The van der Waals surface area contributed by atoms with Crippen LogP contribution in [0.3, 0.4) is 0 Å². The highest BCUT2D eigenvalue weighted by atomic mass is 79.9. The Kier molecular flexibility index (Phi) is 5.98. The quantitative estimate of drug-likeness (QED) is 0.748. The molecule has 0 aromatic heterocycles. The van der Waals surface area contributed by atoms with Crippen molar-refractivity contribution < 1.29 is 14.7 Å². The lowest BCUT2D eigenvalue weighted by atomic mass is 10.1. The standard InChI is InChI=1S/C13H17BrN2O3/c1-8(15)3-2-4-12(17)16-11-6-9(13(18)19)5-10(14)7-11/h5-8H,2-4,15H2,1H3,(H,16,17)(H,18,19). The Morgan fingerprint density at radius 3 is 2.68 bits per heavy atom. The van der Waals surface area contributed by atoms with Crippen LogP contribution >= 0.6 is 15.9 Å². The van der Waals surface area contributed by atoms with Gasteiger partial charge in [-0.25, -0.2) is 4.79 Å². The molecule has 0 saturated carbocycles. The van der Waals surface area contributed by atoms with Crippen LogP contribution in [0.1, 0.15) is 36.5 Å². The average Bonchev–Trinajstić information content (AvgIpc) is 2.27. The van der Waals surface area contributed by atoms with E-state index in [0.717, 1.165) is 6.42 Å². The minimum atomic E-state index is -1.03. The number of nitrogens with one attached hydrogen (secondary N) is 1. The monoisotopic (exact) mass is 328 g/mol.